The predicted octanol–water partition coefficient (Wildman–Crippen LogP) is 2.18. The van der Waals surface area contributed by atoms with E-state index in [9.17, 15) is 0 Å². The molecular weight excluding hydrogens is 245 g/mol. The normalized spacial score (nSPS) is 11.0. The summed E-state index contributed by atoms with van der Waals surface area (Å²) in [5.41, 5.74) is 2.12. The molecule has 0 saturated carbocycles. The molecule has 70 valence electrons. The topological polar surface area (TPSA) is 12.9 Å². The van der Waals surface area contributed by atoms with Crippen LogP contribution >= 0.6 is 0 Å². The molecule has 0 bridgehead atoms. The average Bonchev–Trinajstić information content (AvgIpc) is 2.27. The summed E-state index contributed by atoms with van der Waals surface area (Å²) in [7, 11) is 0. The molecule has 3 aromatic rings. The number of hydrogen-bond acceptors (Lipinski definition) is 1. The third-order valence-electron chi connectivity index (χ3n) is 2.54. The van der Waals surface area contributed by atoms with Crippen LogP contribution in [-0.2, 0) is 0 Å². The average molecular weight is 253 g/mol. The van der Waals surface area contributed by atoms with Crippen molar-refractivity contribution in [3.05, 3.63) is 48.5 Å². The van der Waals surface area contributed by atoms with Crippen molar-refractivity contribution in [3.8, 4) is 0 Å². The molecule has 0 saturated heterocycles. The first-order valence-corrected chi connectivity index (χ1v) is 5.76. The van der Waals surface area contributed by atoms with Crippen molar-refractivity contribution in [1.29, 1.82) is 0 Å². The van der Waals surface area contributed by atoms with E-state index in [0.717, 1.165) is 11.0 Å². The third-order valence-corrected chi connectivity index (χ3v) is 3.36. The van der Waals surface area contributed by atoms with Gasteiger partial charge in [0.15, 0.2) is 0 Å². The fourth-order valence-electron chi connectivity index (χ4n) is 1.78. The molecule has 2 heteroatoms. The second kappa shape index (κ2) is 3.36. The minimum atomic E-state index is 1.06. The molecular formula is C13H8AsN. The molecule has 0 N–H and O–H groups in total. The van der Waals surface area contributed by atoms with Gasteiger partial charge in [0.2, 0.25) is 0 Å². The second-order valence-corrected chi connectivity index (χ2v) is 4.54. The van der Waals surface area contributed by atoms with E-state index in [4.69, 9.17) is 0 Å². The molecule has 15 heavy (non-hydrogen) atoms. The Morgan fingerprint density at radius 1 is 0.867 bits per heavy atom. The van der Waals surface area contributed by atoms with Gasteiger partial charge in [-0.05, 0) is 0 Å². The number of fused-ring (bicyclic) bond motifs is 2. The van der Waals surface area contributed by atoms with Gasteiger partial charge in [0.1, 0.15) is 0 Å². The van der Waals surface area contributed by atoms with Crippen molar-refractivity contribution in [1.82, 2.24) is 4.98 Å². The van der Waals surface area contributed by atoms with Crippen LogP contribution in [-0.4, -0.2) is 21.8 Å². The van der Waals surface area contributed by atoms with Crippen LogP contribution in [0, 0.1) is 0 Å². The summed E-state index contributed by atoms with van der Waals surface area (Å²) in [6, 6.07) is 16.6. The van der Waals surface area contributed by atoms with Crippen molar-refractivity contribution in [2.24, 2.45) is 0 Å². The molecule has 0 aliphatic rings. The molecule has 0 amide bonds. The Morgan fingerprint density at radius 3 is 2.60 bits per heavy atom. The summed E-state index contributed by atoms with van der Waals surface area (Å²) < 4.78 is 1.22. The first kappa shape index (κ1) is 8.94. The van der Waals surface area contributed by atoms with Gasteiger partial charge in [-0.3, -0.25) is 0 Å². The van der Waals surface area contributed by atoms with Crippen molar-refractivity contribution >= 4 is 43.0 Å². The summed E-state index contributed by atoms with van der Waals surface area (Å²) in [5, 5.41) is 2.42. The summed E-state index contributed by atoms with van der Waals surface area (Å²) in [4.78, 5) is 4.63. The SMILES string of the molecule is [As]c1cccc2nc3ccccc3cc12. The number of hydrogen-bond donors (Lipinski definition) is 0. The molecule has 0 atom stereocenters. The van der Waals surface area contributed by atoms with Crippen LogP contribution in [0.1, 0.15) is 0 Å². The zero-order valence-corrected chi connectivity index (χ0v) is 9.89. The molecule has 2 aromatic carbocycles. The molecule has 3 rings (SSSR count). The van der Waals surface area contributed by atoms with Crippen LogP contribution in [0.15, 0.2) is 48.5 Å². The molecule has 1 aromatic heterocycles. The van der Waals surface area contributed by atoms with Crippen LogP contribution in [0.5, 0.6) is 0 Å². The van der Waals surface area contributed by atoms with Gasteiger partial charge in [-0.15, -0.1) is 0 Å². The van der Waals surface area contributed by atoms with Gasteiger partial charge in [0.05, 0.1) is 0 Å². The van der Waals surface area contributed by atoms with Gasteiger partial charge in [0.25, 0.3) is 0 Å². The quantitative estimate of drug-likeness (QED) is 0.442. The Hall–Kier alpha value is -1.33. The summed E-state index contributed by atoms with van der Waals surface area (Å²) in [6.07, 6.45) is 0. The molecule has 2 radical (unpaired) electrons. The summed E-state index contributed by atoms with van der Waals surface area (Å²) in [6.45, 7) is 0. The zero-order chi connectivity index (χ0) is 10.3. The van der Waals surface area contributed by atoms with E-state index in [2.05, 4.69) is 46.1 Å². The first-order valence-electron chi connectivity index (χ1n) is 4.82. The van der Waals surface area contributed by atoms with E-state index in [0.29, 0.717) is 0 Å². The van der Waals surface area contributed by atoms with E-state index in [1.165, 1.54) is 15.1 Å². The fourth-order valence-corrected chi connectivity index (χ4v) is 2.34. The van der Waals surface area contributed by atoms with Crippen LogP contribution in [0.2, 0.25) is 0 Å². The Labute approximate surface area is 96.6 Å². The number of para-hydroxylation sites is 1. The minimum absolute atomic E-state index is 1.06. The van der Waals surface area contributed by atoms with Crippen LogP contribution in [0.25, 0.3) is 21.8 Å². The monoisotopic (exact) mass is 253 g/mol. The molecule has 0 fully saturated rings. The van der Waals surface area contributed by atoms with Crippen molar-refractivity contribution < 1.29 is 0 Å². The molecule has 0 spiro atoms. The maximum atomic E-state index is 4.63. The zero-order valence-electron chi connectivity index (χ0n) is 8.01. The van der Waals surface area contributed by atoms with Gasteiger partial charge in [0, 0.05) is 0 Å². The molecule has 0 aliphatic carbocycles. The molecule has 0 unspecified atom stereocenters. The Morgan fingerprint density at radius 2 is 1.67 bits per heavy atom. The van der Waals surface area contributed by atoms with Gasteiger partial charge in [-0.2, -0.15) is 0 Å². The van der Waals surface area contributed by atoms with Gasteiger partial charge in [-0.1, -0.05) is 0 Å². The number of rotatable bonds is 0. The van der Waals surface area contributed by atoms with Crippen LogP contribution < -0.4 is 4.35 Å². The number of aromatic nitrogens is 1. The maximum absolute atomic E-state index is 4.63. The first-order chi connectivity index (χ1) is 7.34. The summed E-state index contributed by atoms with van der Waals surface area (Å²) >= 11 is 2.60. The van der Waals surface area contributed by atoms with E-state index >= 15 is 0 Å². The van der Waals surface area contributed by atoms with Crippen LogP contribution in [0.3, 0.4) is 0 Å². The van der Waals surface area contributed by atoms with Gasteiger partial charge < -0.3 is 0 Å². The van der Waals surface area contributed by atoms with Crippen LogP contribution in [0.4, 0.5) is 0 Å². The third kappa shape index (κ3) is 1.44. The van der Waals surface area contributed by atoms with E-state index < -0.39 is 0 Å². The molecule has 1 heterocycles. The molecule has 0 aliphatic heterocycles. The fraction of sp³-hybridized carbons (Fsp3) is 0. The van der Waals surface area contributed by atoms with E-state index in [1.807, 2.05) is 24.3 Å². The van der Waals surface area contributed by atoms with E-state index in [1.54, 1.807) is 0 Å². The van der Waals surface area contributed by atoms with Crippen molar-refractivity contribution in [3.63, 3.8) is 0 Å². The molecule has 1 nitrogen and oxygen atoms in total. The van der Waals surface area contributed by atoms with Crippen molar-refractivity contribution in [2.75, 3.05) is 0 Å². The second-order valence-electron chi connectivity index (χ2n) is 3.52. The Kier molecular flexibility index (Phi) is 2.00. The summed E-state index contributed by atoms with van der Waals surface area (Å²) in [5.74, 6) is 0. The Bertz CT molecular complexity index is 646. The number of nitrogens with zero attached hydrogens (tertiary/aromatic N) is 1. The van der Waals surface area contributed by atoms with Gasteiger partial charge in [-0.25, -0.2) is 0 Å². The van der Waals surface area contributed by atoms with E-state index in [-0.39, 0.29) is 0 Å². The Balaban J connectivity index is 2.53. The standard InChI is InChI=1S/C13H8AsN/c14-11-5-3-7-13-10(11)8-9-4-1-2-6-12(9)15-13/h1-8H. The van der Waals surface area contributed by atoms with Gasteiger partial charge >= 0.3 is 96.5 Å². The number of benzene rings is 2. The van der Waals surface area contributed by atoms with Crippen molar-refractivity contribution in [2.45, 2.75) is 0 Å². The number of pyridine rings is 1. The predicted molar refractivity (Wildman–Crippen MR) is 64.6 cm³/mol.